The van der Waals surface area contributed by atoms with Crippen molar-refractivity contribution in [3.63, 3.8) is 0 Å². The minimum Gasteiger partial charge on any atom is -0.507 e. The fourth-order valence-electron chi connectivity index (χ4n) is 3.45. The summed E-state index contributed by atoms with van der Waals surface area (Å²) in [4.78, 5) is 11.9. The highest BCUT2D eigenvalue weighted by molar-refractivity contribution is 7.99. The quantitative estimate of drug-likeness (QED) is 0.226. The fourth-order valence-corrected chi connectivity index (χ4v) is 5.31. The zero-order chi connectivity index (χ0) is 29.0. The highest BCUT2D eigenvalue weighted by Gasteiger charge is 2.34. The number of anilines is 1. The topological polar surface area (TPSA) is 92.7 Å². The smallest absolute Gasteiger partial charge is 0.507 e. The first kappa shape index (κ1) is 30.2. The number of aryl methyl sites for hydroxylation is 1. The average molecular weight is 594 g/mol. The molecule has 0 aromatic heterocycles. The maximum absolute atomic E-state index is 13.7. The van der Waals surface area contributed by atoms with E-state index in [-0.39, 0.29) is 39.6 Å². The molecule has 6 nitrogen and oxygen atoms in total. The summed E-state index contributed by atoms with van der Waals surface area (Å²) in [5.41, 5.74) is -0.281. The molecule has 210 valence electrons. The Labute approximate surface area is 223 Å². The molecule has 0 fully saturated rings. The third-order valence-corrected chi connectivity index (χ3v) is 7.36. The molecule has 0 unspecified atom stereocenters. The Morgan fingerprint density at radius 1 is 0.949 bits per heavy atom. The standard InChI is InChI=1S/C25H21F6NO5S2/c1-39(35,36)22-12-16(4-8-20(22)33)13-23(34)32-17-5-9-21(19(14-17)24(26,27)28)38-11-10-15-2-6-18(7-3-15)37-25(29,30)31/h2-9,12,14,33H,10-11,13H2,1H3,(H,32,34). The van der Waals surface area contributed by atoms with Gasteiger partial charge in [-0.3, -0.25) is 4.79 Å². The number of sulfone groups is 1. The van der Waals surface area contributed by atoms with E-state index >= 15 is 0 Å². The van der Waals surface area contributed by atoms with Gasteiger partial charge in [-0.1, -0.05) is 18.2 Å². The molecule has 0 saturated carbocycles. The van der Waals surface area contributed by atoms with Crippen LogP contribution in [0.1, 0.15) is 16.7 Å². The molecule has 0 aliphatic rings. The zero-order valence-electron chi connectivity index (χ0n) is 20.1. The molecule has 0 aliphatic carbocycles. The van der Waals surface area contributed by atoms with Gasteiger partial charge < -0.3 is 15.2 Å². The van der Waals surface area contributed by atoms with Crippen molar-refractivity contribution < 1.29 is 49.4 Å². The summed E-state index contributed by atoms with van der Waals surface area (Å²) in [5, 5.41) is 12.1. The van der Waals surface area contributed by atoms with Gasteiger partial charge in [0.1, 0.15) is 16.4 Å². The predicted octanol–water partition coefficient (Wildman–Crippen LogP) is 6.23. The molecular weight excluding hydrogens is 572 g/mol. The number of halogens is 6. The average Bonchev–Trinajstić information content (AvgIpc) is 2.80. The second kappa shape index (κ2) is 11.8. The highest BCUT2D eigenvalue weighted by atomic mass is 32.2. The monoisotopic (exact) mass is 593 g/mol. The SMILES string of the molecule is CS(=O)(=O)c1cc(CC(=O)Nc2ccc(SCCc3ccc(OC(F)(F)F)cc3)c(C(F)(F)F)c2)ccc1O. The van der Waals surface area contributed by atoms with Crippen molar-refractivity contribution in [2.75, 3.05) is 17.3 Å². The Bertz CT molecular complexity index is 1440. The van der Waals surface area contributed by atoms with Crippen molar-refractivity contribution in [3.05, 3.63) is 77.4 Å². The van der Waals surface area contributed by atoms with Crippen LogP contribution in [-0.4, -0.2) is 37.8 Å². The van der Waals surface area contributed by atoms with E-state index in [0.717, 1.165) is 48.3 Å². The minimum atomic E-state index is -4.83. The van der Waals surface area contributed by atoms with E-state index in [9.17, 15) is 44.7 Å². The van der Waals surface area contributed by atoms with E-state index in [2.05, 4.69) is 10.1 Å². The van der Waals surface area contributed by atoms with E-state index in [1.54, 1.807) is 0 Å². The Balaban J connectivity index is 1.66. The van der Waals surface area contributed by atoms with Crippen LogP contribution < -0.4 is 10.1 Å². The molecule has 0 spiro atoms. The maximum Gasteiger partial charge on any atom is 0.573 e. The van der Waals surface area contributed by atoms with Crippen molar-refractivity contribution in [2.45, 2.75) is 35.2 Å². The number of amides is 1. The van der Waals surface area contributed by atoms with Crippen LogP contribution in [-0.2, 0) is 33.6 Å². The molecule has 1 amide bonds. The number of carbonyl (C=O) groups excluding carboxylic acids is 1. The lowest BCUT2D eigenvalue weighted by atomic mass is 10.1. The lowest BCUT2D eigenvalue weighted by molar-refractivity contribution is -0.274. The van der Waals surface area contributed by atoms with Crippen molar-refractivity contribution in [3.8, 4) is 11.5 Å². The molecule has 0 bridgehead atoms. The van der Waals surface area contributed by atoms with Crippen molar-refractivity contribution >= 4 is 33.2 Å². The number of ether oxygens (including phenoxy) is 1. The first-order valence-electron chi connectivity index (χ1n) is 11.0. The Morgan fingerprint density at radius 3 is 2.18 bits per heavy atom. The van der Waals surface area contributed by atoms with Crippen LogP contribution in [0.3, 0.4) is 0 Å². The Morgan fingerprint density at radius 2 is 1.59 bits per heavy atom. The van der Waals surface area contributed by atoms with Gasteiger partial charge in [0, 0.05) is 22.6 Å². The van der Waals surface area contributed by atoms with Crippen LogP contribution in [0, 0.1) is 0 Å². The number of hydrogen-bond acceptors (Lipinski definition) is 6. The van der Waals surface area contributed by atoms with Gasteiger partial charge >= 0.3 is 12.5 Å². The van der Waals surface area contributed by atoms with E-state index in [1.165, 1.54) is 30.3 Å². The summed E-state index contributed by atoms with van der Waals surface area (Å²) in [6, 6.07) is 11.8. The molecule has 0 aliphatic heterocycles. The molecule has 3 aromatic carbocycles. The number of hydrogen-bond donors (Lipinski definition) is 2. The molecule has 0 radical (unpaired) electrons. The van der Waals surface area contributed by atoms with Gasteiger partial charge in [0.25, 0.3) is 0 Å². The van der Waals surface area contributed by atoms with Crippen LogP contribution in [0.15, 0.2) is 70.5 Å². The minimum absolute atomic E-state index is 0.103. The molecule has 14 heteroatoms. The number of carbonyl (C=O) groups is 1. The summed E-state index contributed by atoms with van der Waals surface area (Å²) >= 11 is 0.894. The van der Waals surface area contributed by atoms with E-state index in [1.807, 2.05) is 0 Å². The van der Waals surface area contributed by atoms with Crippen molar-refractivity contribution in [1.82, 2.24) is 0 Å². The summed E-state index contributed by atoms with van der Waals surface area (Å²) < 4.78 is 105. The number of alkyl halides is 6. The molecular formula is C25H21F6NO5S2. The largest absolute Gasteiger partial charge is 0.573 e. The van der Waals surface area contributed by atoms with Crippen LogP contribution in [0.5, 0.6) is 11.5 Å². The van der Waals surface area contributed by atoms with Gasteiger partial charge in [-0.15, -0.1) is 24.9 Å². The van der Waals surface area contributed by atoms with E-state index in [0.29, 0.717) is 5.56 Å². The summed E-state index contributed by atoms with van der Waals surface area (Å²) in [5.74, 6) is -1.40. The van der Waals surface area contributed by atoms with Crippen LogP contribution in [0.2, 0.25) is 0 Å². The molecule has 0 heterocycles. The Hall–Kier alpha value is -3.39. The molecule has 3 aromatic rings. The number of nitrogens with one attached hydrogen (secondary N) is 1. The molecule has 0 saturated heterocycles. The van der Waals surface area contributed by atoms with Crippen LogP contribution >= 0.6 is 11.8 Å². The van der Waals surface area contributed by atoms with Crippen LogP contribution in [0.4, 0.5) is 32.0 Å². The van der Waals surface area contributed by atoms with Crippen LogP contribution in [0.25, 0.3) is 0 Å². The van der Waals surface area contributed by atoms with E-state index in [4.69, 9.17) is 0 Å². The van der Waals surface area contributed by atoms with Gasteiger partial charge in [0.05, 0.1) is 12.0 Å². The molecule has 39 heavy (non-hydrogen) atoms. The second-order valence-electron chi connectivity index (χ2n) is 8.30. The van der Waals surface area contributed by atoms with Crippen molar-refractivity contribution in [2.24, 2.45) is 0 Å². The number of aromatic hydroxyl groups is 1. The normalized spacial score (nSPS) is 12.3. The van der Waals surface area contributed by atoms with Gasteiger partial charge in [0.2, 0.25) is 5.91 Å². The van der Waals surface area contributed by atoms with Gasteiger partial charge in [0.15, 0.2) is 9.84 Å². The number of rotatable bonds is 9. The van der Waals surface area contributed by atoms with Gasteiger partial charge in [-0.2, -0.15) is 13.2 Å². The Kier molecular flexibility index (Phi) is 9.11. The number of benzene rings is 3. The summed E-state index contributed by atoms with van der Waals surface area (Å²) in [6.45, 7) is 0. The van der Waals surface area contributed by atoms with E-state index < -0.39 is 45.3 Å². The maximum atomic E-state index is 13.7. The number of phenolic OH excluding ortho intramolecular Hbond substituents is 1. The lowest BCUT2D eigenvalue weighted by Gasteiger charge is -2.15. The third kappa shape index (κ3) is 9.10. The number of thioether (sulfide) groups is 1. The highest BCUT2D eigenvalue weighted by Crippen LogP contribution is 2.38. The predicted molar refractivity (Wildman–Crippen MR) is 133 cm³/mol. The molecule has 0 atom stereocenters. The molecule has 3 rings (SSSR count). The first-order chi connectivity index (χ1) is 18.0. The second-order valence-corrected chi connectivity index (χ2v) is 11.4. The summed E-state index contributed by atoms with van der Waals surface area (Å²) in [7, 11) is -3.77. The van der Waals surface area contributed by atoms with Gasteiger partial charge in [-0.05, 0) is 60.0 Å². The third-order valence-electron chi connectivity index (χ3n) is 5.16. The molecule has 2 N–H and O–H groups in total. The zero-order valence-corrected chi connectivity index (χ0v) is 21.7. The van der Waals surface area contributed by atoms with Gasteiger partial charge in [-0.25, -0.2) is 8.42 Å². The summed E-state index contributed by atoms with van der Waals surface area (Å²) in [6.07, 6.45) is -8.76. The lowest BCUT2D eigenvalue weighted by Crippen LogP contribution is -2.17. The van der Waals surface area contributed by atoms with Crippen molar-refractivity contribution in [1.29, 1.82) is 0 Å². The first-order valence-corrected chi connectivity index (χ1v) is 13.9. The number of phenols is 1. The fraction of sp³-hybridized carbons (Fsp3) is 0.240.